The Bertz CT molecular complexity index is 515. The van der Waals surface area contributed by atoms with Crippen LogP contribution in [-0.4, -0.2) is 31.7 Å². The van der Waals surface area contributed by atoms with Gasteiger partial charge < -0.3 is 5.11 Å². The van der Waals surface area contributed by atoms with Crippen molar-refractivity contribution >= 4 is 5.97 Å². The number of H-pyrrole nitrogens is 1. The maximum absolute atomic E-state index is 13.1. The van der Waals surface area contributed by atoms with Crippen LogP contribution in [-0.2, 0) is 4.79 Å². The molecule has 0 spiro atoms. The Hall–Kier alpha value is -2.31. The summed E-state index contributed by atoms with van der Waals surface area (Å²) < 4.78 is 13.1. The molecule has 0 saturated heterocycles. The van der Waals surface area contributed by atoms with Crippen molar-refractivity contribution in [1.29, 1.82) is 0 Å². The molecule has 0 aliphatic heterocycles. The van der Waals surface area contributed by atoms with Gasteiger partial charge in [-0.1, -0.05) is 17.3 Å². The Labute approximate surface area is 95.5 Å². The molecule has 0 aliphatic rings. The second-order valence-electron chi connectivity index (χ2n) is 3.48. The molecular formula is C10H9FN4O2. The molecular weight excluding hydrogens is 227 g/mol. The average molecular weight is 236 g/mol. The fourth-order valence-electron chi connectivity index (χ4n) is 1.57. The van der Waals surface area contributed by atoms with Gasteiger partial charge in [-0.3, -0.25) is 4.79 Å². The lowest BCUT2D eigenvalue weighted by molar-refractivity contribution is -0.137. The molecule has 0 bridgehead atoms. The summed E-state index contributed by atoms with van der Waals surface area (Å²) in [5.41, 5.74) is 0.508. The summed E-state index contributed by atoms with van der Waals surface area (Å²) in [5, 5.41) is 21.9. The normalized spacial score (nSPS) is 12.3. The molecule has 6 nitrogen and oxygen atoms in total. The summed E-state index contributed by atoms with van der Waals surface area (Å²) in [6.07, 6.45) is -0.219. The number of tetrazole rings is 1. The van der Waals surface area contributed by atoms with Gasteiger partial charge in [0.1, 0.15) is 5.82 Å². The van der Waals surface area contributed by atoms with E-state index in [9.17, 15) is 9.18 Å². The van der Waals surface area contributed by atoms with Gasteiger partial charge in [-0.25, -0.2) is 4.39 Å². The van der Waals surface area contributed by atoms with Crippen LogP contribution >= 0.6 is 0 Å². The summed E-state index contributed by atoms with van der Waals surface area (Å²) >= 11 is 0. The van der Waals surface area contributed by atoms with E-state index in [1.807, 2.05) is 0 Å². The van der Waals surface area contributed by atoms with Crippen LogP contribution in [0.2, 0.25) is 0 Å². The first kappa shape index (κ1) is 11.2. The highest BCUT2D eigenvalue weighted by Crippen LogP contribution is 2.25. The fraction of sp³-hybridized carbons (Fsp3) is 0.200. The molecule has 2 rings (SSSR count). The number of benzene rings is 1. The zero-order valence-electron chi connectivity index (χ0n) is 8.67. The minimum atomic E-state index is -1.01. The third kappa shape index (κ3) is 2.63. The number of carboxylic acid groups (broad SMARTS) is 1. The van der Waals surface area contributed by atoms with Crippen molar-refractivity contribution in [2.24, 2.45) is 0 Å². The van der Waals surface area contributed by atoms with Crippen LogP contribution in [0.3, 0.4) is 0 Å². The van der Waals surface area contributed by atoms with E-state index >= 15 is 0 Å². The number of halogens is 1. The number of rotatable bonds is 4. The van der Waals surface area contributed by atoms with E-state index in [2.05, 4.69) is 20.6 Å². The lowest BCUT2D eigenvalue weighted by Gasteiger charge is -2.10. The van der Waals surface area contributed by atoms with Crippen molar-refractivity contribution in [3.8, 4) is 0 Å². The number of hydrogen-bond donors (Lipinski definition) is 2. The minimum absolute atomic E-state index is 0.219. The first-order valence-electron chi connectivity index (χ1n) is 4.87. The number of nitrogens with zero attached hydrogens (tertiary/aromatic N) is 3. The van der Waals surface area contributed by atoms with E-state index in [0.717, 1.165) is 0 Å². The quantitative estimate of drug-likeness (QED) is 0.824. The number of hydrogen-bond acceptors (Lipinski definition) is 4. The standard InChI is InChI=1S/C10H9FN4O2/c11-7-3-1-2-6(4-7)8(5-9(16)17)10-12-14-15-13-10/h1-4,8H,5H2,(H,16,17)(H,12,13,14,15). The van der Waals surface area contributed by atoms with Gasteiger partial charge in [0.25, 0.3) is 0 Å². The first-order valence-corrected chi connectivity index (χ1v) is 4.87. The number of aromatic nitrogens is 4. The number of carboxylic acids is 1. The third-order valence-corrected chi connectivity index (χ3v) is 2.30. The number of nitrogens with one attached hydrogen (secondary N) is 1. The fourth-order valence-corrected chi connectivity index (χ4v) is 1.57. The molecule has 2 N–H and O–H groups in total. The van der Waals surface area contributed by atoms with Crippen LogP contribution in [0, 0.1) is 5.82 Å². The molecule has 17 heavy (non-hydrogen) atoms. The van der Waals surface area contributed by atoms with Gasteiger partial charge in [0.2, 0.25) is 0 Å². The van der Waals surface area contributed by atoms with Crippen LogP contribution in [0.15, 0.2) is 24.3 Å². The molecule has 0 amide bonds. The largest absolute Gasteiger partial charge is 0.481 e. The second kappa shape index (κ2) is 4.69. The van der Waals surface area contributed by atoms with Crippen LogP contribution in [0.5, 0.6) is 0 Å². The van der Waals surface area contributed by atoms with Crippen LogP contribution in [0.25, 0.3) is 0 Å². The topological polar surface area (TPSA) is 91.8 Å². The molecule has 1 unspecified atom stereocenters. The van der Waals surface area contributed by atoms with Crippen LogP contribution < -0.4 is 0 Å². The van der Waals surface area contributed by atoms with Gasteiger partial charge in [-0.15, -0.1) is 10.2 Å². The molecule has 1 aromatic carbocycles. The van der Waals surface area contributed by atoms with Crippen LogP contribution in [0.4, 0.5) is 4.39 Å². The molecule has 1 aromatic heterocycles. The predicted molar refractivity (Wildman–Crippen MR) is 54.7 cm³/mol. The van der Waals surface area contributed by atoms with Crippen molar-refractivity contribution in [3.05, 3.63) is 41.5 Å². The predicted octanol–water partition coefficient (Wildman–Crippen LogP) is 0.945. The highest BCUT2D eigenvalue weighted by molar-refractivity contribution is 5.68. The average Bonchev–Trinajstić information content (AvgIpc) is 2.79. The van der Waals surface area contributed by atoms with Crippen molar-refractivity contribution in [2.45, 2.75) is 12.3 Å². The summed E-state index contributed by atoms with van der Waals surface area (Å²) in [6, 6.07) is 5.70. The maximum Gasteiger partial charge on any atom is 0.304 e. The van der Waals surface area contributed by atoms with Crippen molar-refractivity contribution < 1.29 is 14.3 Å². The summed E-state index contributed by atoms with van der Waals surface area (Å²) in [4.78, 5) is 10.8. The summed E-state index contributed by atoms with van der Waals surface area (Å²) in [6.45, 7) is 0. The highest BCUT2D eigenvalue weighted by atomic mass is 19.1. The summed E-state index contributed by atoms with van der Waals surface area (Å²) in [7, 11) is 0. The summed E-state index contributed by atoms with van der Waals surface area (Å²) in [5.74, 6) is -1.81. The monoisotopic (exact) mass is 236 g/mol. The number of aromatic amines is 1. The molecule has 1 heterocycles. The Balaban J connectivity index is 2.36. The molecule has 1 atom stereocenters. The molecule has 2 aromatic rings. The first-order chi connectivity index (χ1) is 8.16. The van der Waals surface area contributed by atoms with Gasteiger partial charge in [-0.05, 0) is 17.7 Å². The third-order valence-electron chi connectivity index (χ3n) is 2.30. The smallest absolute Gasteiger partial charge is 0.304 e. The molecule has 0 saturated carbocycles. The minimum Gasteiger partial charge on any atom is -0.481 e. The van der Waals surface area contributed by atoms with Crippen LogP contribution in [0.1, 0.15) is 23.7 Å². The zero-order valence-corrected chi connectivity index (χ0v) is 8.67. The van der Waals surface area contributed by atoms with Crippen molar-refractivity contribution in [1.82, 2.24) is 20.6 Å². The van der Waals surface area contributed by atoms with Gasteiger partial charge in [0, 0.05) is 0 Å². The van der Waals surface area contributed by atoms with E-state index < -0.39 is 17.7 Å². The molecule has 88 valence electrons. The molecule has 0 fully saturated rings. The Morgan fingerprint density at radius 1 is 1.53 bits per heavy atom. The Morgan fingerprint density at radius 2 is 2.35 bits per heavy atom. The lowest BCUT2D eigenvalue weighted by atomic mass is 9.95. The van der Waals surface area contributed by atoms with Gasteiger partial charge >= 0.3 is 5.97 Å². The van der Waals surface area contributed by atoms with E-state index in [1.165, 1.54) is 18.2 Å². The van der Waals surface area contributed by atoms with Crippen molar-refractivity contribution in [2.75, 3.05) is 0 Å². The molecule has 0 radical (unpaired) electrons. The maximum atomic E-state index is 13.1. The van der Waals surface area contributed by atoms with Gasteiger partial charge in [0.05, 0.1) is 12.3 Å². The molecule has 7 heteroatoms. The van der Waals surface area contributed by atoms with Gasteiger partial charge in [-0.2, -0.15) is 5.21 Å². The number of carbonyl (C=O) groups is 1. The Kier molecular flexibility index (Phi) is 3.08. The SMILES string of the molecule is O=C(O)CC(c1cccc(F)c1)c1nn[nH]n1. The lowest BCUT2D eigenvalue weighted by Crippen LogP contribution is -2.10. The zero-order chi connectivity index (χ0) is 12.3. The second-order valence-corrected chi connectivity index (χ2v) is 3.48. The highest BCUT2D eigenvalue weighted by Gasteiger charge is 2.22. The van der Waals surface area contributed by atoms with Crippen molar-refractivity contribution in [3.63, 3.8) is 0 Å². The number of aliphatic carboxylic acids is 1. The Morgan fingerprint density at radius 3 is 2.94 bits per heavy atom. The van der Waals surface area contributed by atoms with Gasteiger partial charge in [0.15, 0.2) is 5.82 Å². The van der Waals surface area contributed by atoms with E-state index in [0.29, 0.717) is 5.56 Å². The van der Waals surface area contributed by atoms with E-state index in [-0.39, 0.29) is 12.2 Å². The van der Waals surface area contributed by atoms with E-state index in [4.69, 9.17) is 5.11 Å². The molecule has 0 aliphatic carbocycles. The van der Waals surface area contributed by atoms with E-state index in [1.54, 1.807) is 6.07 Å².